The predicted octanol–water partition coefficient (Wildman–Crippen LogP) is 2.51. The molecule has 126 valence electrons. The molecule has 1 heterocycles. The Hall–Kier alpha value is -0.520. The number of hydrogen-bond acceptors (Lipinski definition) is 3. The number of halogens is 3. The van der Waals surface area contributed by atoms with E-state index < -0.39 is 0 Å². The zero-order valence-electron chi connectivity index (χ0n) is 12.8. The molecule has 4 nitrogen and oxygen atoms in total. The molecule has 0 saturated carbocycles. The smallest absolute Gasteiger partial charge is 0.224 e. The van der Waals surface area contributed by atoms with E-state index in [0.29, 0.717) is 6.54 Å². The summed E-state index contributed by atoms with van der Waals surface area (Å²) in [4.78, 5) is 14.2. The number of hydrogen-bond donors (Lipinski definition) is 2. The molecule has 1 aromatic rings. The van der Waals surface area contributed by atoms with Crippen LogP contribution in [-0.4, -0.2) is 44.5 Å². The molecule has 0 aromatic heterocycles. The van der Waals surface area contributed by atoms with E-state index in [1.165, 1.54) is 0 Å². The van der Waals surface area contributed by atoms with Crippen molar-refractivity contribution in [2.75, 3.05) is 33.7 Å². The lowest BCUT2D eigenvalue weighted by Gasteiger charge is -2.26. The van der Waals surface area contributed by atoms with Crippen molar-refractivity contribution in [3.63, 3.8) is 0 Å². The molecule has 1 aliphatic rings. The summed E-state index contributed by atoms with van der Waals surface area (Å²) in [6.45, 7) is 2.29. The average Bonchev–Trinajstić information content (AvgIpc) is 2.94. The Labute approximate surface area is 149 Å². The maximum absolute atomic E-state index is 12.1. The molecule has 1 fully saturated rings. The number of benzene rings is 1. The van der Waals surface area contributed by atoms with Gasteiger partial charge in [0.15, 0.2) is 0 Å². The highest BCUT2D eigenvalue weighted by Gasteiger charge is 2.24. The Kier molecular flexibility index (Phi) is 10.0. The van der Waals surface area contributed by atoms with Gasteiger partial charge >= 0.3 is 0 Å². The van der Waals surface area contributed by atoms with E-state index in [4.69, 9.17) is 11.6 Å². The van der Waals surface area contributed by atoms with Gasteiger partial charge in [0.25, 0.3) is 0 Å². The average molecular weight is 369 g/mol. The minimum absolute atomic E-state index is 0. The Balaban J connectivity index is 0.00000220. The fourth-order valence-corrected chi connectivity index (χ4v) is 2.80. The second kappa shape index (κ2) is 10.3. The molecule has 2 N–H and O–H groups in total. The molecular formula is C15H24Cl3N3O. The third-order valence-electron chi connectivity index (χ3n) is 3.79. The van der Waals surface area contributed by atoms with Gasteiger partial charge in [0.1, 0.15) is 0 Å². The summed E-state index contributed by atoms with van der Waals surface area (Å²) >= 11 is 6.26. The van der Waals surface area contributed by atoms with E-state index in [1.807, 2.05) is 38.4 Å². The topological polar surface area (TPSA) is 44.4 Å². The summed E-state index contributed by atoms with van der Waals surface area (Å²) in [5.74, 6) is 0.234. The molecule has 0 bridgehead atoms. The van der Waals surface area contributed by atoms with E-state index in [2.05, 4.69) is 15.5 Å². The molecule has 0 aliphatic carbocycles. The maximum Gasteiger partial charge on any atom is 0.224 e. The van der Waals surface area contributed by atoms with Crippen LogP contribution >= 0.6 is 36.4 Å². The fourth-order valence-electron chi connectivity index (χ4n) is 2.54. The van der Waals surface area contributed by atoms with Crippen LogP contribution in [0, 0.1) is 5.92 Å². The van der Waals surface area contributed by atoms with Crippen molar-refractivity contribution in [3.05, 3.63) is 34.9 Å². The van der Waals surface area contributed by atoms with E-state index in [-0.39, 0.29) is 42.7 Å². The summed E-state index contributed by atoms with van der Waals surface area (Å²) in [6.07, 6.45) is 0.921. The van der Waals surface area contributed by atoms with E-state index in [1.54, 1.807) is 0 Å². The largest absolute Gasteiger partial charge is 0.354 e. The first-order valence-corrected chi connectivity index (χ1v) is 7.36. The van der Waals surface area contributed by atoms with Gasteiger partial charge in [0.05, 0.1) is 12.0 Å². The number of likely N-dealkylation sites (N-methyl/N-ethyl adjacent to an activating group) is 1. The highest BCUT2D eigenvalue weighted by atomic mass is 35.5. The van der Waals surface area contributed by atoms with Gasteiger partial charge < -0.3 is 15.5 Å². The molecule has 0 radical (unpaired) electrons. The van der Waals surface area contributed by atoms with E-state index >= 15 is 0 Å². The van der Waals surface area contributed by atoms with Crippen molar-refractivity contribution in [2.45, 2.75) is 12.5 Å². The number of rotatable bonds is 5. The van der Waals surface area contributed by atoms with E-state index in [0.717, 1.165) is 30.1 Å². The summed E-state index contributed by atoms with van der Waals surface area (Å²) in [6, 6.07) is 7.87. The highest BCUT2D eigenvalue weighted by Crippen LogP contribution is 2.25. The van der Waals surface area contributed by atoms with Gasteiger partial charge in [0, 0.05) is 18.1 Å². The van der Waals surface area contributed by atoms with Gasteiger partial charge in [-0.05, 0) is 38.7 Å². The van der Waals surface area contributed by atoms with Crippen molar-refractivity contribution in [2.24, 2.45) is 5.92 Å². The summed E-state index contributed by atoms with van der Waals surface area (Å²) in [7, 11) is 3.99. The SMILES string of the molecule is CN(C)C(CNC(=O)C1CCNC1)c1ccccc1Cl.Cl.Cl. The van der Waals surface area contributed by atoms with Gasteiger partial charge in [-0.2, -0.15) is 0 Å². The monoisotopic (exact) mass is 367 g/mol. The summed E-state index contributed by atoms with van der Waals surface area (Å²) in [5.41, 5.74) is 1.05. The molecule has 1 aromatic carbocycles. The first kappa shape index (κ1) is 21.5. The molecular weight excluding hydrogens is 345 g/mol. The number of nitrogens with one attached hydrogen (secondary N) is 2. The lowest BCUT2D eigenvalue weighted by atomic mass is 10.0. The molecule has 1 saturated heterocycles. The fraction of sp³-hybridized carbons (Fsp3) is 0.533. The van der Waals surface area contributed by atoms with Gasteiger partial charge in [-0.25, -0.2) is 0 Å². The quantitative estimate of drug-likeness (QED) is 0.839. The highest BCUT2D eigenvalue weighted by molar-refractivity contribution is 6.31. The molecule has 22 heavy (non-hydrogen) atoms. The molecule has 7 heteroatoms. The number of carbonyl (C=O) groups excluding carboxylic acids is 1. The van der Waals surface area contributed by atoms with Crippen LogP contribution in [0.1, 0.15) is 18.0 Å². The number of nitrogens with zero attached hydrogens (tertiary/aromatic N) is 1. The molecule has 1 aliphatic heterocycles. The molecule has 0 spiro atoms. The van der Waals surface area contributed by atoms with Crippen LogP contribution < -0.4 is 10.6 Å². The molecule has 2 rings (SSSR count). The van der Waals surface area contributed by atoms with Gasteiger partial charge in [-0.3, -0.25) is 4.79 Å². The Bertz CT molecular complexity index is 465. The maximum atomic E-state index is 12.1. The van der Waals surface area contributed by atoms with Crippen LogP contribution in [0.2, 0.25) is 5.02 Å². The molecule has 2 atom stereocenters. The van der Waals surface area contributed by atoms with E-state index in [9.17, 15) is 4.79 Å². The van der Waals surface area contributed by atoms with Crippen LogP contribution in [0.3, 0.4) is 0 Å². The predicted molar refractivity (Wildman–Crippen MR) is 96.4 cm³/mol. The third-order valence-corrected chi connectivity index (χ3v) is 4.13. The van der Waals surface area contributed by atoms with Gasteiger partial charge in [-0.15, -0.1) is 24.8 Å². The van der Waals surface area contributed by atoms with Crippen LogP contribution in [0.5, 0.6) is 0 Å². The van der Waals surface area contributed by atoms with Crippen LogP contribution in [0.15, 0.2) is 24.3 Å². The second-order valence-electron chi connectivity index (χ2n) is 5.44. The standard InChI is InChI=1S/C15H22ClN3O.2ClH/c1-19(2)14(12-5-3-4-6-13(12)16)10-18-15(20)11-7-8-17-9-11;;/h3-6,11,14,17H,7-10H2,1-2H3,(H,18,20);2*1H. The molecule has 2 unspecified atom stereocenters. The Morgan fingerprint density at radius 3 is 2.64 bits per heavy atom. The normalized spacial score (nSPS) is 18.3. The third kappa shape index (κ3) is 5.60. The van der Waals surface area contributed by atoms with Crippen molar-refractivity contribution >= 4 is 42.3 Å². The van der Waals surface area contributed by atoms with Crippen molar-refractivity contribution < 1.29 is 4.79 Å². The Morgan fingerprint density at radius 2 is 2.09 bits per heavy atom. The minimum atomic E-state index is 0. The zero-order valence-corrected chi connectivity index (χ0v) is 15.2. The lowest BCUT2D eigenvalue weighted by Crippen LogP contribution is -2.38. The van der Waals surface area contributed by atoms with Gasteiger partial charge in [0.2, 0.25) is 5.91 Å². The van der Waals surface area contributed by atoms with Crippen molar-refractivity contribution in [3.8, 4) is 0 Å². The summed E-state index contributed by atoms with van der Waals surface area (Å²) in [5, 5.41) is 7.00. The first-order valence-electron chi connectivity index (χ1n) is 6.99. The van der Waals surface area contributed by atoms with Gasteiger partial charge in [-0.1, -0.05) is 29.8 Å². The Morgan fingerprint density at radius 1 is 1.41 bits per heavy atom. The van der Waals surface area contributed by atoms with Crippen LogP contribution in [0.4, 0.5) is 0 Å². The van der Waals surface area contributed by atoms with Crippen molar-refractivity contribution in [1.82, 2.24) is 15.5 Å². The van der Waals surface area contributed by atoms with Crippen molar-refractivity contribution in [1.29, 1.82) is 0 Å². The lowest BCUT2D eigenvalue weighted by molar-refractivity contribution is -0.124. The summed E-state index contributed by atoms with van der Waals surface area (Å²) < 4.78 is 0. The van der Waals surface area contributed by atoms with Crippen LogP contribution in [0.25, 0.3) is 0 Å². The van der Waals surface area contributed by atoms with Crippen LogP contribution in [-0.2, 0) is 4.79 Å². The number of amides is 1. The number of carbonyl (C=O) groups is 1. The molecule has 1 amide bonds. The second-order valence-corrected chi connectivity index (χ2v) is 5.84. The zero-order chi connectivity index (χ0) is 14.5. The first-order chi connectivity index (χ1) is 9.59. The minimum Gasteiger partial charge on any atom is -0.354 e.